The zero-order valence-corrected chi connectivity index (χ0v) is 11.7. The van der Waals surface area contributed by atoms with E-state index in [1.807, 2.05) is 0 Å². The maximum absolute atomic E-state index is 13.3. The van der Waals surface area contributed by atoms with Crippen molar-refractivity contribution in [2.45, 2.75) is 0 Å². The average molecular weight is 334 g/mol. The van der Waals surface area contributed by atoms with Crippen LogP contribution in [0.4, 0.5) is 10.1 Å². The molecular weight excluding hydrogens is 325 g/mol. The van der Waals surface area contributed by atoms with Gasteiger partial charge in [0.15, 0.2) is 0 Å². The number of halogens is 2. The Balaban J connectivity index is 2.07. The molecule has 0 unspecified atom stereocenters. The molecule has 2 N–H and O–H groups in total. The van der Waals surface area contributed by atoms with Gasteiger partial charge < -0.3 is 5.73 Å². The zero-order valence-electron chi connectivity index (χ0n) is 10.2. The van der Waals surface area contributed by atoms with E-state index in [1.165, 1.54) is 10.7 Å². The third-order valence-corrected chi connectivity index (χ3v) is 3.30. The Kier molecular flexibility index (Phi) is 3.19. The Morgan fingerprint density at radius 2 is 1.95 bits per heavy atom. The van der Waals surface area contributed by atoms with Crippen LogP contribution in [0.2, 0.25) is 0 Å². The lowest BCUT2D eigenvalue weighted by Gasteiger charge is -2.00. The summed E-state index contributed by atoms with van der Waals surface area (Å²) in [5.74, 6) is 0.0878. The number of rotatable bonds is 2. The van der Waals surface area contributed by atoms with E-state index in [2.05, 4.69) is 31.0 Å². The van der Waals surface area contributed by atoms with E-state index in [0.717, 1.165) is 0 Å². The third kappa shape index (κ3) is 2.27. The van der Waals surface area contributed by atoms with Crippen molar-refractivity contribution in [1.82, 2.24) is 19.7 Å². The predicted molar refractivity (Wildman–Crippen MR) is 76.7 cm³/mol. The molecule has 0 spiro atoms. The smallest absolute Gasteiger partial charge is 0.250 e. The molecule has 0 radical (unpaired) electrons. The number of nitrogens with zero attached hydrogens (tertiary/aromatic N) is 4. The van der Waals surface area contributed by atoms with E-state index < -0.39 is 0 Å². The molecule has 2 aromatic heterocycles. The molecule has 0 amide bonds. The Bertz CT molecular complexity index is 757. The van der Waals surface area contributed by atoms with E-state index in [9.17, 15) is 4.39 Å². The van der Waals surface area contributed by atoms with Crippen molar-refractivity contribution in [1.29, 1.82) is 0 Å². The lowest BCUT2D eigenvalue weighted by atomic mass is 10.1. The minimum atomic E-state index is -0.335. The molecule has 2 heterocycles. The van der Waals surface area contributed by atoms with Crippen LogP contribution in [0.15, 0.2) is 47.3 Å². The fraction of sp³-hybridized carbons (Fsp3) is 0. The highest BCUT2D eigenvalue weighted by Crippen LogP contribution is 2.28. The Morgan fingerprint density at radius 1 is 1.20 bits per heavy atom. The molecule has 3 rings (SSSR count). The molecule has 0 aliphatic rings. The van der Waals surface area contributed by atoms with Gasteiger partial charge in [-0.05, 0) is 40.2 Å². The second-order valence-electron chi connectivity index (χ2n) is 4.06. The fourth-order valence-corrected chi connectivity index (χ4v) is 2.15. The quantitative estimate of drug-likeness (QED) is 0.782. The summed E-state index contributed by atoms with van der Waals surface area (Å²) < 4.78 is 15.1. The largest absolute Gasteiger partial charge is 0.396 e. The van der Waals surface area contributed by atoms with Gasteiger partial charge in [-0.1, -0.05) is 0 Å². The summed E-state index contributed by atoms with van der Waals surface area (Å²) >= 11 is 3.14. The van der Waals surface area contributed by atoms with E-state index in [0.29, 0.717) is 27.4 Å². The molecule has 0 fully saturated rings. The number of hydrogen-bond acceptors (Lipinski definition) is 4. The number of nitrogens with two attached hydrogens (primary N) is 1. The van der Waals surface area contributed by atoms with E-state index in [-0.39, 0.29) is 5.82 Å². The summed E-state index contributed by atoms with van der Waals surface area (Å²) in [6, 6.07) is 6.32. The molecule has 0 bridgehead atoms. The van der Waals surface area contributed by atoms with Crippen LogP contribution < -0.4 is 5.73 Å². The summed E-state index contributed by atoms with van der Waals surface area (Å²) in [6.07, 6.45) is 4.87. The van der Waals surface area contributed by atoms with Gasteiger partial charge in [-0.15, -0.1) is 0 Å². The predicted octanol–water partition coefficient (Wildman–Crippen LogP) is 2.81. The lowest BCUT2D eigenvalue weighted by Crippen LogP contribution is -2.00. The van der Waals surface area contributed by atoms with Gasteiger partial charge in [-0.2, -0.15) is 5.10 Å². The molecule has 7 heteroatoms. The summed E-state index contributed by atoms with van der Waals surface area (Å²) in [5, 5.41) is 4.34. The highest BCUT2D eigenvalue weighted by Gasteiger charge is 2.12. The number of benzene rings is 1. The highest BCUT2D eigenvalue weighted by molar-refractivity contribution is 9.10. The van der Waals surface area contributed by atoms with Gasteiger partial charge in [0.05, 0.1) is 16.4 Å². The zero-order chi connectivity index (χ0) is 14.1. The summed E-state index contributed by atoms with van der Waals surface area (Å²) in [4.78, 5) is 8.19. The second-order valence-corrected chi connectivity index (χ2v) is 4.91. The number of aromatic nitrogens is 4. The standard InChI is InChI=1S/C13H9BrFN5/c14-9-6-8(2-3-10(9)15)12-11(16)7-20(19-12)13-17-4-1-5-18-13/h1-7H,16H2. The summed E-state index contributed by atoms with van der Waals surface area (Å²) in [5.41, 5.74) is 7.69. The lowest BCUT2D eigenvalue weighted by molar-refractivity contribution is 0.621. The first-order valence-electron chi connectivity index (χ1n) is 5.73. The van der Waals surface area contributed by atoms with Gasteiger partial charge in [0.25, 0.3) is 5.95 Å². The third-order valence-electron chi connectivity index (χ3n) is 2.69. The minimum Gasteiger partial charge on any atom is -0.396 e. The first kappa shape index (κ1) is 12.7. The monoisotopic (exact) mass is 333 g/mol. The Morgan fingerprint density at radius 3 is 2.65 bits per heavy atom. The van der Waals surface area contributed by atoms with Crippen LogP contribution >= 0.6 is 15.9 Å². The van der Waals surface area contributed by atoms with Crippen molar-refractivity contribution in [3.63, 3.8) is 0 Å². The van der Waals surface area contributed by atoms with Crippen molar-refractivity contribution < 1.29 is 4.39 Å². The van der Waals surface area contributed by atoms with Gasteiger partial charge >= 0.3 is 0 Å². The molecule has 0 atom stereocenters. The van der Waals surface area contributed by atoms with Crippen molar-refractivity contribution in [3.05, 3.63) is 53.1 Å². The molecule has 0 saturated heterocycles. The van der Waals surface area contributed by atoms with Crippen LogP contribution in [0, 0.1) is 5.82 Å². The van der Waals surface area contributed by atoms with Crippen molar-refractivity contribution >= 4 is 21.6 Å². The van der Waals surface area contributed by atoms with Crippen LogP contribution in [0.3, 0.4) is 0 Å². The van der Waals surface area contributed by atoms with Gasteiger partial charge in [0.2, 0.25) is 0 Å². The van der Waals surface area contributed by atoms with Crippen LogP contribution in [0.1, 0.15) is 0 Å². The molecule has 5 nitrogen and oxygen atoms in total. The first-order chi connectivity index (χ1) is 9.65. The summed E-state index contributed by atoms with van der Waals surface area (Å²) in [6.45, 7) is 0. The number of nitrogen functional groups attached to an aromatic ring is 1. The van der Waals surface area contributed by atoms with Crippen molar-refractivity contribution in [2.75, 3.05) is 5.73 Å². The van der Waals surface area contributed by atoms with E-state index in [1.54, 1.807) is 36.8 Å². The van der Waals surface area contributed by atoms with Gasteiger partial charge in [0, 0.05) is 18.0 Å². The van der Waals surface area contributed by atoms with Gasteiger partial charge in [-0.3, -0.25) is 0 Å². The molecular formula is C13H9BrFN5. The summed E-state index contributed by atoms with van der Waals surface area (Å²) in [7, 11) is 0. The van der Waals surface area contributed by atoms with Crippen LogP contribution in [0.25, 0.3) is 17.2 Å². The molecule has 0 aliphatic carbocycles. The Labute approximate surface area is 122 Å². The topological polar surface area (TPSA) is 69.6 Å². The van der Waals surface area contributed by atoms with Gasteiger partial charge in [0.1, 0.15) is 11.5 Å². The molecule has 100 valence electrons. The van der Waals surface area contributed by atoms with E-state index >= 15 is 0 Å². The van der Waals surface area contributed by atoms with Gasteiger partial charge in [-0.25, -0.2) is 19.0 Å². The second kappa shape index (κ2) is 5.01. The Hall–Kier alpha value is -2.28. The highest BCUT2D eigenvalue weighted by atomic mass is 79.9. The molecule has 0 aliphatic heterocycles. The number of hydrogen-bond donors (Lipinski definition) is 1. The van der Waals surface area contributed by atoms with Crippen molar-refractivity contribution in [2.24, 2.45) is 0 Å². The average Bonchev–Trinajstić information content (AvgIpc) is 2.85. The van der Waals surface area contributed by atoms with Crippen molar-refractivity contribution in [3.8, 4) is 17.2 Å². The molecule has 1 aromatic carbocycles. The maximum Gasteiger partial charge on any atom is 0.250 e. The van der Waals surface area contributed by atoms with Crippen LogP contribution in [-0.4, -0.2) is 19.7 Å². The normalized spacial score (nSPS) is 10.7. The fourth-order valence-electron chi connectivity index (χ4n) is 1.77. The van der Waals surface area contributed by atoms with Crippen LogP contribution in [0.5, 0.6) is 0 Å². The maximum atomic E-state index is 13.3. The van der Waals surface area contributed by atoms with E-state index in [4.69, 9.17) is 5.73 Å². The van der Waals surface area contributed by atoms with Crippen LogP contribution in [-0.2, 0) is 0 Å². The molecule has 20 heavy (non-hydrogen) atoms. The molecule has 3 aromatic rings. The number of anilines is 1. The first-order valence-corrected chi connectivity index (χ1v) is 6.52. The molecule has 0 saturated carbocycles. The minimum absolute atomic E-state index is 0.335. The SMILES string of the molecule is Nc1cn(-c2ncccn2)nc1-c1ccc(F)c(Br)c1.